The number of carbonyl (C=O) groups excluding carboxylic acids is 2. The van der Waals surface area contributed by atoms with Gasteiger partial charge in [0.2, 0.25) is 0 Å². The zero-order valence-electron chi connectivity index (χ0n) is 8.28. The van der Waals surface area contributed by atoms with Crippen LogP contribution >= 0.6 is 0 Å². The maximum Gasteiger partial charge on any atom is 0.324 e. The van der Waals surface area contributed by atoms with Crippen molar-refractivity contribution in [2.45, 2.75) is 33.1 Å². The fourth-order valence-electron chi connectivity index (χ4n) is 0.977. The van der Waals surface area contributed by atoms with E-state index in [4.69, 9.17) is 5.11 Å². The summed E-state index contributed by atoms with van der Waals surface area (Å²) in [5, 5.41) is 8.24. The van der Waals surface area contributed by atoms with E-state index in [1.165, 1.54) is 0 Å². The lowest BCUT2D eigenvalue weighted by molar-refractivity contribution is -0.164. The molecule has 0 amide bonds. The number of aliphatic carboxylic acids is 1. The Bertz CT molecular complexity index is 229. The van der Waals surface area contributed by atoms with Crippen LogP contribution in [0.4, 0.5) is 0 Å². The monoisotopic (exact) mass is 202 g/mol. The molecule has 0 rings (SSSR count). The molecule has 5 nitrogen and oxygen atoms in total. The summed E-state index contributed by atoms with van der Waals surface area (Å²) in [7, 11) is 0. The third-order valence-electron chi connectivity index (χ3n) is 1.83. The Hall–Kier alpha value is -1.39. The van der Waals surface area contributed by atoms with Gasteiger partial charge in [-0.1, -0.05) is 13.8 Å². The molecule has 0 saturated carbocycles. The van der Waals surface area contributed by atoms with E-state index < -0.39 is 24.3 Å². The first-order chi connectivity index (χ1) is 6.51. The molecule has 0 aliphatic heterocycles. The minimum absolute atomic E-state index is 0.326. The fraction of sp³-hybridized carbons (Fsp3) is 0.667. The molecule has 0 spiro atoms. The van der Waals surface area contributed by atoms with Crippen molar-refractivity contribution in [3.05, 3.63) is 0 Å². The molecular weight excluding hydrogens is 188 g/mol. The minimum atomic E-state index is -1.30. The molecule has 0 aliphatic carbocycles. The van der Waals surface area contributed by atoms with Crippen LogP contribution in [0.15, 0.2) is 0 Å². The third-order valence-corrected chi connectivity index (χ3v) is 1.83. The Morgan fingerprint density at radius 1 is 1.21 bits per heavy atom. The standard InChI is InChI=1S/C9H14O5/c1-3-6(4-2)9(13)14-8(12)5-7(10)11/h6H,3-5H2,1-2H3,(H,10,11). The smallest absolute Gasteiger partial charge is 0.324 e. The summed E-state index contributed by atoms with van der Waals surface area (Å²) in [6, 6.07) is 0. The van der Waals surface area contributed by atoms with Gasteiger partial charge < -0.3 is 9.84 Å². The van der Waals surface area contributed by atoms with Gasteiger partial charge >= 0.3 is 17.9 Å². The molecule has 0 heterocycles. The van der Waals surface area contributed by atoms with Crippen molar-refractivity contribution in [3.63, 3.8) is 0 Å². The second-order valence-electron chi connectivity index (χ2n) is 2.88. The quantitative estimate of drug-likeness (QED) is 0.530. The molecule has 0 unspecified atom stereocenters. The zero-order valence-corrected chi connectivity index (χ0v) is 8.28. The highest BCUT2D eigenvalue weighted by molar-refractivity contribution is 5.95. The maximum atomic E-state index is 11.2. The highest BCUT2D eigenvalue weighted by atomic mass is 16.6. The highest BCUT2D eigenvalue weighted by Crippen LogP contribution is 2.09. The average molecular weight is 202 g/mol. The molecule has 0 fully saturated rings. The van der Waals surface area contributed by atoms with E-state index in [0.29, 0.717) is 12.8 Å². The van der Waals surface area contributed by atoms with Gasteiger partial charge in [0.05, 0.1) is 5.92 Å². The number of hydrogen-bond donors (Lipinski definition) is 1. The van der Waals surface area contributed by atoms with Crippen LogP contribution in [-0.4, -0.2) is 23.0 Å². The lowest BCUT2D eigenvalue weighted by atomic mass is 10.0. The second kappa shape index (κ2) is 6.12. The summed E-state index contributed by atoms with van der Waals surface area (Å²) in [6.45, 7) is 3.61. The van der Waals surface area contributed by atoms with Gasteiger partial charge in [-0.05, 0) is 12.8 Å². The first-order valence-corrected chi connectivity index (χ1v) is 4.47. The maximum absolute atomic E-state index is 11.2. The van der Waals surface area contributed by atoms with Crippen molar-refractivity contribution < 1.29 is 24.2 Å². The van der Waals surface area contributed by atoms with Crippen LogP contribution in [0.2, 0.25) is 0 Å². The number of esters is 2. The van der Waals surface area contributed by atoms with Crippen molar-refractivity contribution in [3.8, 4) is 0 Å². The van der Waals surface area contributed by atoms with Crippen LogP contribution in [0, 0.1) is 5.92 Å². The van der Waals surface area contributed by atoms with Crippen molar-refractivity contribution in [1.82, 2.24) is 0 Å². The second-order valence-corrected chi connectivity index (χ2v) is 2.88. The van der Waals surface area contributed by atoms with E-state index in [-0.39, 0.29) is 5.92 Å². The van der Waals surface area contributed by atoms with Crippen molar-refractivity contribution in [1.29, 1.82) is 0 Å². The molecule has 80 valence electrons. The molecule has 0 aromatic heterocycles. The summed E-state index contributed by atoms with van der Waals surface area (Å²) in [5.41, 5.74) is 0. The van der Waals surface area contributed by atoms with E-state index in [1.807, 2.05) is 0 Å². The van der Waals surface area contributed by atoms with Gasteiger partial charge in [0.15, 0.2) is 0 Å². The SMILES string of the molecule is CCC(CC)C(=O)OC(=O)CC(=O)O. The third kappa shape index (κ3) is 4.59. The Labute approximate surface area is 82.1 Å². The first-order valence-electron chi connectivity index (χ1n) is 4.47. The normalized spacial score (nSPS) is 9.93. The summed E-state index contributed by atoms with van der Waals surface area (Å²) in [4.78, 5) is 32.0. The molecule has 0 bridgehead atoms. The summed E-state index contributed by atoms with van der Waals surface area (Å²) >= 11 is 0. The largest absolute Gasteiger partial charge is 0.481 e. The van der Waals surface area contributed by atoms with Crippen LogP contribution in [0.3, 0.4) is 0 Å². The predicted octanol–water partition coefficient (Wildman–Crippen LogP) is 0.967. The van der Waals surface area contributed by atoms with Crippen LogP contribution in [0.5, 0.6) is 0 Å². The fourth-order valence-corrected chi connectivity index (χ4v) is 0.977. The Morgan fingerprint density at radius 3 is 2.07 bits per heavy atom. The zero-order chi connectivity index (χ0) is 11.1. The number of ether oxygens (including phenoxy) is 1. The first kappa shape index (κ1) is 12.6. The van der Waals surface area contributed by atoms with Gasteiger partial charge in [0.25, 0.3) is 0 Å². The molecule has 0 aromatic carbocycles. The van der Waals surface area contributed by atoms with Gasteiger partial charge in [-0.25, -0.2) is 0 Å². The van der Waals surface area contributed by atoms with E-state index in [9.17, 15) is 14.4 Å². The molecule has 1 N–H and O–H groups in total. The molecule has 0 atom stereocenters. The molecule has 5 heteroatoms. The molecule has 0 saturated heterocycles. The molecular formula is C9H14O5. The van der Waals surface area contributed by atoms with Gasteiger partial charge in [0, 0.05) is 0 Å². The summed E-state index contributed by atoms with van der Waals surface area (Å²) in [6.07, 6.45) is 0.386. The van der Waals surface area contributed by atoms with Crippen molar-refractivity contribution >= 4 is 17.9 Å². The Morgan fingerprint density at radius 2 is 1.71 bits per heavy atom. The van der Waals surface area contributed by atoms with E-state index >= 15 is 0 Å². The molecule has 14 heavy (non-hydrogen) atoms. The van der Waals surface area contributed by atoms with E-state index in [1.54, 1.807) is 13.8 Å². The van der Waals surface area contributed by atoms with Crippen LogP contribution in [0.25, 0.3) is 0 Å². The molecule has 0 aliphatic rings. The van der Waals surface area contributed by atoms with Gasteiger partial charge in [-0.2, -0.15) is 0 Å². The van der Waals surface area contributed by atoms with Crippen LogP contribution < -0.4 is 0 Å². The van der Waals surface area contributed by atoms with E-state index in [2.05, 4.69) is 4.74 Å². The van der Waals surface area contributed by atoms with Crippen molar-refractivity contribution in [2.75, 3.05) is 0 Å². The van der Waals surface area contributed by atoms with Gasteiger partial charge in [-0.15, -0.1) is 0 Å². The van der Waals surface area contributed by atoms with Gasteiger partial charge in [0.1, 0.15) is 6.42 Å². The predicted molar refractivity (Wildman–Crippen MR) is 47.4 cm³/mol. The Kier molecular flexibility index (Phi) is 5.52. The van der Waals surface area contributed by atoms with Crippen LogP contribution in [-0.2, 0) is 19.1 Å². The number of carboxylic acids is 1. The summed E-state index contributed by atoms with van der Waals surface area (Å²) < 4.78 is 4.35. The molecule has 0 radical (unpaired) electrons. The lowest BCUT2D eigenvalue weighted by Gasteiger charge is -2.09. The number of carbonyl (C=O) groups is 3. The topological polar surface area (TPSA) is 80.7 Å². The van der Waals surface area contributed by atoms with E-state index in [0.717, 1.165) is 0 Å². The van der Waals surface area contributed by atoms with Crippen LogP contribution in [0.1, 0.15) is 33.1 Å². The molecule has 0 aromatic rings. The minimum Gasteiger partial charge on any atom is -0.481 e. The highest BCUT2D eigenvalue weighted by Gasteiger charge is 2.20. The van der Waals surface area contributed by atoms with Crippen molar-refractivity contribution in [2.24, 2.45) is 5.92 Å². The summed E-state index contributed by atoms with van der Waals surface area (Å²) in [5.74, 6) is -3.27. The Balaban J connectivity index is 4.04. The average Bonchev–Trinajstić information content (AvgIpc) is 2.04. The lowest BCUT2D eigenvalue weighted by Crippen LogP contribution is -2.21. The number of rotatable bonds is 5. The number of hydrogen-bond acceptors (Lipinski definition) is 4. The number of carboxylic acid groups (broad SMARTS) is 1. The van der Waals surface area contributed by atoms with Gasteiger partial charge in [-0.3, -0.25) is 14.4 Å².